The van der Waals surface area contributed by atoms with Gasteiger partial charge in [-0.2, -0.15) is 0 Å². The fourth-order valence-electron chi connectivity index (χ4n) is 2.48. The fourth-order valence-corrected chi connectivity index (χ4v) is 2.48. The lowest BCUT2D eigenvalue weighted by molar-refractivity contribution is -0.122. The number of nitrogen functional groups attached to an aromatic ring is 1. The molecule has 3 N–H and O–H groups in total. The Morgan fingerprint density at radius 3 is 2.38 bits per heavy atom. The zero-order chi connectivity index (χ0) is 17.5. The van der Waals surface area contributed by atoms with Crippen LogP contribution in [0.25, 0.3) is 0 Å². The summed E-state index contributed by atoms with van der Waals surface area (Å²) in [6, 6.07) is 15.0. The monoisotopic (exact) mass is 326 g/mol. The largest absolute Gasteiger partial charge is 0.480 e. The van der Waals surface area contributed by atoms with Crippen molar-refractivity contribution in [1.82, 2.24) is 0 Å². The number of anilines is 2. The van der Waals surface area contributed by atoms with E-state index >= 15 is 0 Å². The molecule has 4 heteroatoms. The van der Waals surface area contributed by atoms with Gasteiger partial charge in [0.05, 0.1) is 0 Å². The molecule has 0 saturated heterocycles. The van der Waals surface area contributed by atoms with Crippen molar-refractivity contribution in [2.75, 3.05) is 11.1 Å². The van der Waals surface area contributed by atoms with Crippen molar-refractivity contribution in [2.45, 2.75) is 45.6 Å². The second kappa shape index (κ2) is 8.39. The van der Waals surface area contributed by atoms with Gasteiger partial charge in [-0.3, -0.25) is 4.79 Å². The van der Waals surface area contributed by atoms with E-state index in [2.05, 4.69) is 25.2 Å². The number of carbonyl (C=O) groups is 1. The number of nitrogens with one attached hydrogen (secondary N) is 1. The molecule has 0 aromatic heterocycles. The van der Waals surface area contributed by atoms with Crippen LogP contribution in [0.3, 0.4) is 0 Å². The van der Waals surface area contributed by atoms with Gasteiger partial charge in [-0.05, 0) is 54.7 Å². The first kappa shape index (κ1) is 17.9. The zero-order valence-corrected chi connectivity index (χ0v) is 14.6. The molecule has 2 aromatic carbocycles. The van der Waals surface area contributed by atoms with Crippen LogP contribution in [0.1, 0.15) is 45.1 Å². The molecule has 0 aliphatic carbocycles. The Kier molecular flexibility index (Phi) is 6.24. The van der Waals surface area contributed by atoms with Crippen LogP contribution >= 0.6 is 0 Å². The van der Waals surface area contributed by atoms with Gasteiger partial charge >= 0.3 is 0 Å². The Hall–Kier alpha value is -2.49. The van der Waals surface area contributed by atoms with Crippen molar-refractivity contribution in [3.05, 3.63) is 54.1 Å². The molecule has 0 spiro atoms. The maximum absolute atomic E-state index is 12.5. The quantitative estimate of drug-likeness (QED) is 0.732. The molecule has 1 amide bonds. The van der Waals surface area contributed by atoms with E-state index in [1.54, 1.807) is 24.3 Å². The number of hydrogen-bond acceptors (Lipinski definition) is 3. The van der Waals surface area contributed by atoms with Gasteiger partial charge in [0.15, 0.2) is 6.10 Å². The average Bonchev–Trinajstić information content (AvgIpc) is 2.61. The molecule has 0 unspecified atom stereocenters. The Morgan fingerprint density at radius 2 is 1.75 bits per heavy atom. The standard InChI is InChI=1S/C20H26N2O2/c1-4-14(3)17-8-6-7-9-19(17)24-18(5-2)20(23)22-16-12-10-15(21)11-13-16/h6-14,18H,4-5,21H2,1-3H3,(H,22,23)/t14-,18-/m1/s1. The summed E-state index contributed by atoms with van der Waals surface area (Å²) in [4.78, 5) is 12.5. The smallest absolute Gasteiger partial charge is 0.265 e. The van der Waals surface area contributed by atoms with Crippen molar-refractivity contribution in [1.29, 1.82) is 0 Å². The van der Waals surface area contributed by atoms with Gasteiger partial charge in [0.1, 0.15) is 5.75 Å². The lowest BCUT2D eigenvalue weighted by Crippen LogP contribution is -2.32. The number of benzene rings is 2. The molecule has 0 radical (unpaired) electrons. The van der Waals surface area contributed by atoms with E-state index in [0.29, 0.717) is 23.7 Å². The van der Waals surface area contributed by atoms with E-state index < -0.39 is 6.10 Å². The van der Waals surface area contributed by atoms with Crippen molar-refractivity contribution in [2.24, 2.45) is 0 Å². The van der Waals surface area contributed by atoms with E-state index in [-0.39, 0.29) is 5.91 Å². The first-order chi connectivity index (χ1) is 11.5. The number of rotatable bonds is 7. The average molecular weight is 326 g/mol. The Labute approximate surface area is 144 Å². The van der Waals surface area contributed by atoms with Crippen LogP contribution in [0.5, 0.6) is 5.75 Å². The molecule has 2 rings (SSSR count). The lowest BCUT2D eigenvalue weighted by Gasteiger charge is -2.21. The lowest BCUT2D eigenvalue weighted by atomic mass is 9.98. The molecule has 0 saturated carbocycles. The molecular weight excluding hydrogens is 300 g/mol. The second-order valence-electron chi connectivity index (χ2n) is 5.97. The van der Waals surface area contributed by atoms with Crippen molar-refractivity contribution < 1.29 is 9.53 Å². The maximum Gasteiger partial charge on any atom is 0.265 e. The molecule has 0 heterocycles. The highest BCUT2D eigenvalue weighted by atomic mass is 16.5. The Bertz CT molecular complexity index is 668. The first-order valence-electron chi connectivity index (χ1n) is 8.47. The summed E-state index contributed by atoms with van der Waals surface area (Å²) >= 11 is 0. The summed E-state index contributed by atoms with van der Waals surface area (Å²) in [7, 11) is 0. The molecule has 4 nitrogen and oxygen atoms in total. The Balaban J connectivity index is 2.11. The fraction of sp³-hybridized carbons (Fsp3) is 0.350. The van der Waals surface area contributed by atoms with E-state index in [9.17, 15) is 4.79 Å². The van der Waals surface area contributed by atoms with Crippen molar-refractivity contribution in [3.63, 3.8) is 0 Å². The number of para-hydroxylation sites is 1. The molecule has 2 aromatic rings. The highest BCUT2D eigenvalue weighted by molar-refractivity contribution is 5.94. The van der Waals surface area contributed by atoms with Crippen LogP contribution in [0, 0.1) is 0 Å². The number of ether oxygens (including phenoxy) is 1. The highest BCUT2D eigenvalue weighted by Gasteiger charge is 2.20. The van der Waals surface area contributed by atoms with Crippen LogP contribution in [-0.4, -0.2) is 12.0 Å². The second-order valence-corrected chi connectivity index (χ2v) is 5.97. The number of amides is 1. The number of carbonyl (C=O) groups excluding carboxylic acids is 1. The van der Waals surface area contributed by atoms with Crippen LogP contribution in [0.2, 0.25) is 0 Å². The summed E-state index contributed by atoms with van der Waals surface area (Å²) < 4.78 is 6.04. The SMILES string of the molecule is CC[C@@H](C)c1ccccc1O[C@H](CC)C(=O)Nc1ccc(N)cc1. The van der Waals surface area contributed by atoms with Gasteiger partial charge in [-0.1, -0.05) is 39.0 Å². The van der Waals surface area contributed by atoms with Crippen LogP contribution in [-0.2, 0) is 4.79 Å². The van der Waals surface area contributed by atoms with Crippen molar-refractivity contribution in [3.8, 4) is 5.75 Å². The molecule has 2 atom stereocenters. The minimum Gasteiger partial charge on any atom is -0.480 e. The summed E-state index contributed by atoms with van der Waals surface area (Å²) in [5.41, 5.74) is 8.18. The topological polar surface area (TPSA) is 64.3 Å². The van der Waals surface area contributed by atoms with E-state index in [1.807, 2.05) is 25.1 Å². The molecule has 0 fully saturated rings. The van der Waals surface area contributed by atoms with Gasteiger partial charge in [0, 0.05) is 11.4 Å². The predicted octanol–water partition coefficient (Wildman–Crippen LogP) is 4.58. The highest BCUT2D eigenvalue weighted by Crippen LogP contribution is 2.29. The van der Waals surface area contributed by atoms with Gasteiger partial charge in [-0.15, -0.1) is 0 Å². The summed E-state index contributed by atoms with van der Waals surface area (Å²) in [6.45, 7) is 6.25. The number of nitrogens with two attached hydrogens (primary N) is 1. The van der Waals surface area contributed by atoms with E-state index in [4.69, 9.17) is 10.5 Å². The number of hydrogen-bond donors (Lipinski definition) is 2. The van der Waals surface area contributed by atoms with E-state index in [0.717, 1.165) is 17.7 Å². The third-order valence-electron chi connectivity index (χ3n) is 4.17. The molecule has 0 aliphatic heterocycles. The van der Waals surface area contributed by atoms with Gasteiger partial charge in [0.25, 0.3) is 5.91 Å². The molecule has 0 bridgehead atoms. The summed E-state index contributed by atoms with van der Waals surface area (Å²) in [5.74, 6) is 1.02. The van der Waals surface area contributed by atoms with Crippen LogP contribution in [0.15, 0.2) is 48.5 Å². The zero-order valence-electron chi connectivity index (χ0n) is 14.6. The maximum atomic E-state index is 12.5. The van der Waals surface area contributed by atoms with Gasteiger partial charge < -0.3 is 15.8 Å². The minimum atomic E-state index is -0.534. The van der Waals surface area contributed by atoms with Crippen LogP contribution < -0.4 is 15.8 Å². The van der Waals surface area contributed by atoms with Crippen molar-refractivity contribution >= 4 is 17.3 Å². The molecule has 128 valence electrons. The normalized spacial score (nSPS) is 13.1. The van der Waals surface area contributed by atoms with Gasteiger partial charge in [-0.25, -0.2) is 0 Å². The molecular formula is C20H26N2O2. The molecule has 24 heavy (non-hydrogen) atoms. The van der Waals surface area contributed by atoms with Crippen LogP contribution in [0.4, 0.5) is 11.4 Å². The Morgan fingerprint density at radius 1 is 1.08 bits per heavy atom. The first-order valence-corrected chi connectivity index (χ1v) is 8.47. The third-order valence-corrected chi connectivity index (χ3v) is 4.17. The van der Waals surface area contributed by atoms with Gasteiger partial charge in [0.2, 0.25) is 0 Å². The predicted molar refractivity (Wildman–Crippen MR) is 99.3 cm³/mol. The van der Waals surface area contributed by atoms with E-state index in [1.165, 1.54) is 0 Å². The summed E-state index contributed by atoms with van der Waals surface area (Å²) in [6.07, 6.45) is 1.08. The minimum absolute atomic E-state index is 0.152. The summed E-state index contributed by atoms with van der Waals surface area (Å²) in [5, 5.41) is 2.88. The molecule has 0 aliphatic rings. The third kappa shape index (κ3) is 4.51.